The average Bonchev–Trinajstić information content (AvgIpc) is 3.99. The van der Waals surface area contributed by atoms with Gasteiger partial charge in [-0.2, -0.15) is 0 Å². The van der Waals surface area contributed by atoms with Gasteiger partial charge >= 0.3 is 0 Å². The number of aromatic nitrogens is 6. The number of aliphatic hydroxyl groups excluding tert-OH is 1. The summed E-state index contributed by atoms with van der Waals surface area (Å²) in [7, 11) is 0. The molecule has 0 radical (unpaired) electrons. The predicted molar refractivity (Wildman–Crippen MR) is 282 cm³/mol. The first-order chi connectivity index (χ1) is 35.5. The van der Waals surface area contributed by atoms with E-state index in [1.807, 2.05) is 93.8 Å². The SMILES string of the molecule is Cc1ncsc1-c1ccc([C@H](C)NC(=O)[C@@H]2C[C@@H](O)CN2C(=O)[C@@H](NC(=O)C2CC3(C2)CC(N2CCC(c4cnc(N5CCc6c(c(=O)[nH]c7nnc(-c8ccccc8O)cc67)C5)nc4)CC2)C3)C(C)(C)C)cc1. The Labute approximate surface area is 434 Å². The van der Waals surface area contributed by atoms with Crippen LogP contribution in [0.2, 0.25) is 0 Å². The monoisotopic (exact) mass is 1020 g/mol. The van der Waals surface area contributed by atoms with Gasteiger partial charge in [-0.25, -0.2) is 15.0 Å². The lowest BCUT2D eigenvalue weighted by Gasteiger charge is -2.60. The summed E-state index contributed by atoms with van der Waals surface area (Å²) in [5.74, 6) is 0.118. The first-order valence-corrected chi connectivity index (χ1v) is 27.0. The normalized spacial score (nSPS) is 24.0. The van der Waals surface area contributed by atoms with Crippen molar-refractivity contribution >= 4 is 46.0 Å². The molecule has 2 saturated carbocycles. The van der Waals surface area contributed by atoms with E-state index in [0.717, 1.165) is 89.8 Å². The lowest BCUT2D eigenvalue weighted by molar-refractivity contribution is -0.150. The van der Waals surface area contributed by atoms with Crippen molar-refractivity contribution in [2.45, 2.75) is 129 Å². The predicted octanol–water partition coefficient (Wildman–Crippen LogP) is 6.58. The van der Waals surface area contributed by atoms with E-state index < -0.39 is 23.6 Å². The van der Waals surface area contributed by atoms with Crippen molar-refractivity contribution < 1.29 is 24.6 Å². The molecule has 18 heteroatoms. The Morgan fingerprint density at radius 1 is 0.905 bits per heavy atom. The number of thiazole rings is 1. The molecule has 1 spiro atoms. The molecule has 2 saturated heterocycles. The zero-order valence-electron chi connectivity index (χ0n) is 42.7. The molecule has 5 aliphatic rings. The van der Waals surface area contributed by atoms with Crippen molar-refractivity contribution in [2.75, 3.05) is 31.1 Å². The van der Waals surface area contributed by atoms with E-state index in [0.29, 0.717) is 59.9 Å². The van der Waals surface area contributed by atoms with Gasteiger partial charge in [-0.15, -0.1) is 21.5 Å². The number of H-pyrrole nitrogens is 1. The molecule has 17 nitrogen and oxygen atoms in total. The van der Waals surface area contributed by atoms with Crippen LogP contribution in [-0.4, -0.2) is 118 Å². The fourth-order valence-electron chi connectivity index (χ4n) is 12.4. The van der Waals surface area contributed by atoms with Crippen molar-refractivity contribution in [1.29, 1.82) is 0 Å². The average molecular weight is 1020 g/mol. The Morgan fingerprint density at radius 2 is 1.64 bits per heavy atom. The summed E-state index contributed by atoms with van der Waals surface area (Å²) in [5, 5.41) is 36.8. The summed E-state index contributed by atoms with van der Waals surface area (Å²) in [6, 6.07) is 15.4. The van der Waals surface area contributed by atoms with Gasteiger partial charge in [0.25, 0.3) is 5.56 Å². The fraction of sp³-hybridized carbons (Fsp3) is 0.482. The van der Waals surface area contributed by atoms with Crippen molar-refractivity contribution in [2.24, 2.45) is 16.7 Å². The summed E-state index contributed by atoms with van der Waals surface area (Å²) in [5.41, 5.74) is 8.38. The number of aromatic hydroxyl groups is 1. The number of amides is 3. The second kappa shape index (κ2) is 19.6. The van der Waals surface area contributed by atoms with E-state index in [1.54, 1.807) is 29.5 Å². The van der Waals surface area contributed by atoms with Crippen LogP contribution >= 0.6 is 11.3 Å². The molecule has 5 N–H and O–H groups in total. The highest BCUT2D eigenvalue weighted by Gasteiger charge is 2.57. The maximum Gasteiger partial charge on any atom is 0.254 e. The smallest absolute Gasteiger partial charge is 0.254 e. The number of aryl methyl sites for hydroxylation is 1. The number of pyridine rings is 1. The van der Waals surface area contributed by atoms with Gasteiger partial charge in [0.05, 0.1) is 40.5 Å². The van der Waals surface area contributed by atoms with Gasteiger partial charge in [0.1, 0.15) is 17.8 Å². The molecule has 4 fully saturated rings. The largest absolute Gasteiger partial charge is 0.507 e. The fourth-order valence-corrected chi connectivity index (χ4v) is 13.3. The summed E-state index contributed by atoms with van der Waals surface area (Å²) < 4.78 is 0. The molecule has 74 heavy (non-hydrogen) atoms. The zero-order valence-corrected chi connectivity index (χ0v) is 43.5. The Bertz CT molecular complexity index is 3150. The molecule has 4 atom stereocenters. The molecule has 2 aliphatic carbocycles. The van der Waals surface area contributed by atoms with E-state index in [9.17, 15) is 29.4 Å². The van der Waals surface area contributed by atoms with Gasteiger partial charge in [0.15, 0.2) is 5.65 Å². The molecule has 7 heterocycles. The van der Waals surface area contributed by atoms with E-state index in [4.69, 9.17) is 9.97 Å². The van der Waals surface area contributed by atoms with Crippen LogP contribution in [0.5, 0.6) is 5.75 Å². The maximum absolute atomic E-state index is 14.4. The third kappa shape index (κ3) is 9.55. The second-order valence-corrected chi connectivity index (χ2v) is 23.6. The van der Waals surface area contributed by atoms with Gasteiger partial charge in [-0.3, -0.25) is 19.2 Å². The number of carbonyl (C=O) groups excluding carboxylic acids is 3. The van der Waals surface area contributed by atoms with Gasteiger partial charge < -0.3 is 40.5 Å². The highest BCUT2D eigenvalue weighted by Crippen LogP contribution is 2.60. The number of phenols is 1. The van der Waals surface area contributed by atoms with Crippen molar-refractivity contribution in [3.05, 3.63) is 111 Å². The molecule has 3 amide bonds. The molecular formula is C56H65N11O6S. The highest BCUT2D eigenvalue weighted by atomic mass is 32.1. The van der Waals surface area contributed by atoms with Crippen LogP contribution in [0.1, 0.15) is 113 Å². The van der Waals surface area contributed by atoms with Crippen LogP contribution in [0.25, 0.3) is 32.7 Å². The number of carbonyl (C=O) groups is 3. The van der Waals surface area contributed by atoms with Crippen LogP contribution in [0, 0.1) is 23.7 Å². The Hall–Kier alpha value is -6.63. The first kappa shape index (κ1) is 49.6. The number of aliphatic hydroxyl groups is 1. The molecule has 2 aromatic carbocycles. The number of phenolic OH excluding ortho intramolecular Hbond substituents is 1. The van der Waals surface area contributed by atoms with E-state index in [-0.39, 0.29) is 59.4 Å². The number of fused-ring (bicyclic) bond motifs is 3. The third-order valence-electron chi connectivity index (χ3n) is 16.7. The Kier molecular flexibility index (Phi) is 13.1. The molecule has 0 unspecified atom stereocenters. The maximum atomic E-state index is 14.4. The number of β-amino-alcohol motifs (C(OH)–C–C–N with tert-alkyl or cyclic N) is 1. The first-order valence-electron chi connectivity index (χ1n) is 26.1. The minimum atomic E-state index is -0.859. The number of hydrogen-bond acceptors (Lipinski definition) is 14. The summed E-state index contributed by atoms with van der Waals surface area (Å²) in [4.78, 5) is 79.5. The molecule has 0 bridgehead atoms. The number of aromatic amines is 1. The number of nitrogens with one attached hydrogen (secondary N) is 3. The number of nitrogens with zero attached hydrogens (tertiary/aromatic N) is 8. The van der Waals surface area contributed by atoms with Gasteiger partial charge in [0, 0.05) is 60.4 Å². The van der Waals surface area contributed by atoms with Crippen LogP contribution in [0.3, 0.4) is 0 Å². The number of likely N-dealkylation sites (tertiary alicyclic amines) is 2. The van der Waals surface area contributed by atoms with Crippen LogP contribution in [0.4, 0.5) is 5.95 Å². The van der Waals surface area contributed by atoms with Crippen molar-refractivity contribution in [3.63, 3.8) is 0 Å². The summed E-state index contributed by atoms with van der Waals surface area (Å²) in [6.45, 7) is 12.7. The highest BCUT2D eigenvalue weighted by molar-refractivity contribution is 7.13. The lowest BCUT2D eigenvalue weighted by Crippen LogP contribution is -2.62. The topological polar surface area (TPSA) is 223 Å². The van der Waals surface area contributed by atoms with Crippen molar-refractivity contribution in [3.8, 4) is 27.4 Å². The molecule has 3 aliphatic heterocycles. The number of para-hydroxylation sites is 1. The summed E-state index contributed by atoms with van der Waals surface area (Å²) >= 11 is 1.59. The van der Waals surface area contributed by atoms with Gasteiger partial charge in [0.2, 0.25) is 23.7 Å². The Balaban J connectivity index is 0.645. The van der Waals surface area contributed by atoms with E-state index >= 15 is 0 Å². The van der Waals surface area contributed by atoms with Crippen LogP contribution < -0.4 is 21.1 Å². The van der Waals surface area contributed by atoms with Crippen molar-refractivity contribution in [1.82, 2.24) is 50.6 Å². The number of benzene rings is 2. The number of piperidine rings is 1. The quantitative estimate of drug-likeness (QED) is 0.0926. The number of anilines is 1. The number of rotatable bonds is 11. The number of hydrogen-bond donors (Lipinski definition) is 5. The summed E-state index contributed by atoms with van der Waals surface area (Å²) in [6.07, 6.45) is 9.58. The molecule has 11 rings (SSSR count). The Morgan fingerprint density at radius 3 is 2.32 bits per heavy atom. The molecule has 6 aromatic rings. The van der Waals surface area contributed by atoms with Crippen LogP contribution in [-0.2, 0) is 27.3 Å². The zero-order chi connectivity index (χ0) is 51.6. The third-order valence-corrected chi connectivity index (χ3v) is 17.7. The standard InChI is InChI=1S/C56H65N11O6S/c1-31(33-10-12-35(13-11-33)47-32(2)59-30-74-47)60-52(72)45-20-39(68)28-67(45)53(73)48(55(3,4)5)61-50(70)36-22-56(23-36)24-38(25-56)65-17-14-34(15-18-65)37-26-57-54(58-27-37)66-19-16-40-42-21-44(41-8-6-7-9-46(41)69)63-64-49(42)62-51(71)43(40)29-66/h6-13,21,26-27,30-31,34,36,38-39,45,48,68-69H,14-20,22-25,28-29H2,1-5H3,(H,60,72)(H,61,70)(H,62,64,71)/t31-,36?,38?,39+,45-,48+,56?/m0/s1. The van der Waals surface area contributed by atoms with Gasteiger partial charge in [-0.05, 0) is 129 Å². The van der Waals surface area contributed by atoms with Crippen LogP contribution in [0.15, 0.2) is 77.3 Å². The van der Waals surface area contributed by atoms with E-state index in [1.165, 1.54) is 4.90 Å². The minimum absolute atomic E-state index is 0.0299. The van der Waals surface area contributed by atoms with E-state index in [2.05, 4.69) is 35.7 Å². The lowest BCUT2D eigenvalue weighted by atomic mass is 9.49. The molecule has 386 valence electrons. The van der Waals surface area contributed by atoms with Gasteiger partial charge in [-0.1, -0.05) is 57.2 Å². The molecular weight excluding hydrogens is 955 g/mol. The minimum Gasteiger partial charge on any atom is -0.507 e. The second-order valence-electron chi connectivity index (χ2n) is 22.7. The molecule has 4 aromatic heterocycles.